The van der Waals surface area contributed by atoms with Crippen LogP contribution in [0.1, 0.15) is 365 Å². The van der Waals surface area contributed by atoms with E-state index in [0.717, 1.165) is 190 Å². The summed E-state index contributed by atoms with van der Waals surface area (Å²) in [6, 6.07) is 6.21. The van der Waals surface area contributed by atoms with Crippen LogP contribution in [0.4, 0.5) is 17.6 Å². The topological polar surface area (TPSA) is 495 Å². The Kier molecular flexibility index (Phi) is 39.9. The summed E-state index contributed by atoms with van der Waals surface area (Å²) in [6.45, 7) is 8.18. The van der Waals surface area contributed by atoms with Crippen LogP contribution in [0, 0.1) is 82.3 Å². The van der Waals surface area contributed by atoms with E-state index in [1.54, 1.807) is 0 Å². The average molecular weight is 2040 g/mol. The molecule has 6 N–H and O–H groups in total. The Balaban J connectivity index is 0.000000192. The number of rotatable bonds is 32. The third kappa shape index (κ3) is 30.8. The van der Waals surface area contributed by atoms with Crippen LogP contribution in [0.15, 0.2) is 46.2 Å². The van der Waals surface area contributed by atoms with Gasteiger partial charge in [0.1, 0.15) is 17.0 Å². The zero-order valence-electron chi connectivity index (χ0n) is 77.4. The van der Waals surface area contributed by atoms with Crippen molar-refractivity contribution in [2.24, 2.45) is 82.3 Å². The van der Waals surface area contributed by atoms with E-state index in [9.17, 15) is 111 Å². The number of esters is 5. The van der Waals surface area contributed by atoms with Crippen molar-refractivity contribution in [2.45, 2.75) is 368 Å². The highest BCUT2D eigenvalue weighted by Gasteiger charge is 2.62. The Hall–Kier alpha value is -5.89. The molecular formula is C94H143F4NO30S6. The Morgan fingerprint density at radius 2 is 0.726 bits per heavy atom. The molecule has 2 atom stereocenters. The van der Waals surface area contributed by atoms with E-state index < -0.39 is 133 Å². The summed E-state index contributed by atoms with van der Waals surface area (Å²) in [5.74, 6) is -1.52. The largest absolute Gasteiger partial charge is 0.465 e. The lowest BCUT2D eigenvalue weighted by molar-refractivity contribution is -0.173. The summed E-state index contributed by atoms with van der Waals surface area (Å²) in [6.07, 6.45) is 42.9. The van der Waals surface area contributed by atoms with Gasteiger partial charge in [-0.15, -0.1) is 0 Å². The van der Waals surface area contributed by atoms with Gasteiger partial charge >= 0.3 is 66.5 Å². The predicted octanol–water partition coefficient (Wildman–Crippen LogP) is 18.8. The summed E-state index contributed by atoms with van der Waals surface area (Å²) in [4.78, 5) is 87.6. The number of ketones is 1. The maximum atomic E-state index is 13.9. The van der Waals surface area contributed by atoms with Crippen LogP contribution in [0.25, 0.3) is 0 Å². The van der Waals surface area contributed by atoms with Gasteiger partial charge in [-0.25, -0.2) is 24.0 Å². The highest BCUT2D eigenvalue weighted by molar-refractivity contribution is 7.88. The van der Waals surface area contributed by atoms with Gasteiger partial charge in [0.15, 0.2) is 0 Å². The summed E-state index contributed by atoms with van der Waals surface area (Å²) >= 11 is 0. The third-order valence-electron chi connectivity index (χ3n) is 30.9. The normalized spacial score (nSPS) is 28.3. The van der Waals surface area contributed by atoms with Gasteiger partial charge in [-0.2, -0.15) is 68.1 Å². The van der Waals surface area contributed by atoms with Gasteiger partial charge in [-0.1, -0.05) is 163 Å². The van der Waals surface area contributed by atoms with E-state index in [-0.39, 0.29) is 90.7 Å². The maximum Gasteiger partial charge on any atom is 0.465 e. The van der Waals surface area contributed by atoms with Crippen LogP contribution in [-0.4, -0.2) is 189 Å². The molecule has 2 unspecified atom stereocenters. The van der Waals surface area contributed by atoms with Crippen molar-refractivity contribution >= 4 is 102 Å². The molecule has 0 saturated heterocycles. The number of alkyl halides is 4. The molecule has 0 heterocycles. The fourth-order valence-corrected chi connectivity index (χ4v) is 27.2. The lowest BCUT2D eigenvalue weighted by atomic mass is 9.49. The first-order valence-corrected chi connectivity index (χ1v) is 57.3. The maximum absolute atomic E-state index is 13.9. The monoisotopic (exact) mass is 2030 g/mol. The predicted molar refractivity (Wildman–Crippen MR) is 491 cm³/mol. The third-order valence-corrected chi connectivity index (χ3v) is 35.8. The first-order chi connectivity index (χ1) is 62.6. The second kappa shape index (κ2) is 47.8. The molecule has 16 saturated carbocycles. The Labute approximate surface area is 794 Å². The van der Waals surface area contributed by atoms with Crippen molar-refractivity contribution in [3.8, 4) is 0 Å². The van der Waals surface area contributed by atoms with Gasteiger partial charge in [-0.05, 0) is 263 Å². The number of benzene rings is 2. The van der Waals surface area contributed by atoms with Crippen molar-refractivity contribution in [1.29, 1.82) is 0 Å². The van der Waals surface area contributed by atoms with Crippen LogP contribution in [0.5, 0.6) is 0 Å². The van der Waals surface area contributed by atoms with Crippen LogP contribution < -0.4 is 0 Å². The summed E-state index contributed by atoms with van der Waals surface area (Å²) in [7, 11) is -28.3. The Morgan fingerprint density at radius 1 is 0.400 bits per heavy atom. The zero-order chi connectivity index (χ0) is 98.4. The minimum absolute atomic E-state index is 0. The second-order valence-corrected chi connectivity index (χ2v) is 49.8. The number of nitrogens with zero attached hydrogens (tertiary/aromatic N) is 1. The molecule has 41 heteroatoms. The first-order valence-electron chi connectivity index (χ1n) is 48.3. The molecule has 0 radical (unpaired) electrons. The molecule has 1 amide bonds. The molecule has 31 nitrogen and oxygen atoms in total. The quantitative estimate of drug-likeness (QED) is 0.0130. The number of carbonyl (C=O) groups excluding carboxylic acids is 7. The molecule has 16 aliphatic carbocycles. The molecule has 0 aliphatic heterocycles. The number of unbranched alkanes of at least 4 members (excludes halogenated alkanes) is 6. The number of carbonyl (C=O) groups is 7. The lowest BCUT2D eigenvalue weighted by Gasteiger charge is -2.59. The average Bonchev–Trinajstić information content (AvgIpc) is 0.736. The number of amides is 1. The fourth-order valence-electron chi connectivity index (χ4n) is 24.3. The molecule has 0 aromatic heterocycles. The summed E-state index contributed by atoms with van der Waals surface area (Å²) in [5, 5.41) is -9.73. The van der Waals surface area contributed by atoms with E-state index in [4.69, 9.17) is 37.2 Å². The fraction of sp³-hybridized carbons (Fsp3) is 0.798. The molecule has 0 spiro atoms. The summed E-state index contributed by atoms with van der Waals surface area (Å²) in [5.41, 5.74) is -2.00. The van der Waals surface area contributed by atoms with Crippen molar-refractivity contribution < 1.29 is 153 Å². The van der Waals surface area contributed by atoms with Crippen LogP contribution in [0.3, 0.4) is 0 Å². The highest BCUT2D eigenvalue weighted by atomic mass is 32.2. The van der Waals surface area contributed by atoms with E-state index in [1.165, 1.54) is 82.8 Å². The van der Waals surface area contributed by atoms with Gasteiger partial charge in [0.05, 0.1) is 63.4 Å². The Morgan fingerprint density at radius 3 is 1.05 bits per heavy atom. The standard InChI is InChI=1S/C30H38O7S.C24H34O7S.C14H23F2NO4S.C13H16F2O6S.C8H18O3S.C4H10O3S.CH4/c1-29(22-5-16-3-17(7-22)8-23(29)6-16)36-27(31)20-13-21(15-26(14-20)38(33,34)35)28(32)37-30(2)24-9-18-4-19(11-24)12-25(30)10-18;25-23(30-13-11-18-7-3-1-4-8-18)20-15-21(17-22(16-20)32(27,28)29)24(26)31-14-12-19-9-5-2-6-10-19;15-14(16,22(19,20)21)13(18)17(11-7-3-1-4-8-11)12-9-5-2-6-10-12;14-13(15,22(18,19)20)11(17)21-6-12-3-7-1-8(4-12)10(16)9(2-7)5-12;1-2-3-4-5-6-7-8-12(9,10)11;1-2-3-4-8(5,6)7;/h13-19,22-25H,3-12H2,1-2H3,(H,33,34,35);15-19H,1-14H2,(H,27,28,29);11-12H,1-10H2,(H,19,20,21);7-9H,1-6H2,(H,18,19,20);2-8H2,1H3,(H,9,10,11);2-4H2,1H3,(H,5,6,7);1H4. The molecule has 16 fully saturated rings. The van der Waals surface area contributed by atoms with Gasteiger partial charge in [-0.3, -0.25) is 36.9 Å². The SMILES string of the molecule is C.CC1(OC(=O)c2cc(C(=O)OC3(C)C4CC5CC(C4)CC3C5)cc(S(=O)(=O)O)c2)C2CC3CC(C2)CC1C3.CCCCCCCCS(=O)(=O)O.CCCCS(=O)(=O)O.O=C(N(C1CCCCC1)C1CCCCC1)C(F)(F)S(=O)(=O)O.O=C(OCCC1CCCCC1)c1cc(C(=O)OCCC2CCCCC2)cc(S(=O)(=O)O)c1.O=C1C2CC3CC1CC(COC(=O)C(F)(F)S(=O)(=O)O)(C3)C2. The van der Waals surface area contributed by atoms with Gasteiger partial charge < -0.3 is 28.6 Å². The van der Waals surface area contributed by atoms with Crippen LogP contribution in [-0.2, 0) is 98.8 Å². The first kappa shape index (κ1) is 113. The highest BCUT2D eigenvalue weighted by Crippen LogP contribution is 2.62. The second-order valence-electron chi connectivity index (χ2n) is 40.9. The lowest BCUT2D eigenvalue weighted by Crippen LogP contribution is -2.58. The number of hydrogen-bond donors (Lipinski definition) is 6. The number of hydrogen-bond acceptors (Lipinski definition) is 24. The Bertz CT molecular complexity index is 4900. The molecule has 768 valence electrons. The molecule has 2 aromatic carbocycles. The summed E-state index contributed by atoms with van der Waals surface area (Å²) < 4.78 is 266. The van der Waals surface area contributed by atoms with Gasteiger partial charge in [0.2, 0.25) is 0 Å². The zero-order valence-corrected chi connectivity index (χ0v) is 82.3. The van der Waals surface area contributed by atoms with E-state index in [1.807, 2.05) is 20.8 Å². The molecular weight excluding hydrogens is 1890 g/mol. The van der Waals surface area contributed by atoms with Crippen molar-refractivity contribution in [3.05, 3.63) is 58.7 Å². The minimum Gasteiger partial charge on any atom is -0.462 e. The minimum atomic E-state index is -5.85. The molecule has 135 heavy (non-hydrogen) atoms. The van der Waals surface area contributed by atoms with Crippen molar-refractivity contribution in [2.75, 3.05) is 31.3 Å². The van der Waals surface area contributed by atoms with Crippen molar-refractivity contribution in [3.63, 3.8) is 0 Å². The smallest absolute Gasteiger partial charge is 0.462 e. The number of halogens is 4. The van der Waals surface area contributed by atoms with Gasteiger partial charge in [0, 0.05) is 29.3 Å². The van der Waals surface area contributed by atoms with Crippen LogP contribution >= 0.6 is 0 Å². The van der Waals surface area contributed by atoms with Gasteiger partial charge in [0.25, 0.3) is 40.5 Å². The van der Waals surface area contributed by atoms with Crippen molar-refractivity contribution in [1.82, 2.24) is 4.90 Å². The molecule has 12 bridgehead atoms. The molecule has 2 aromatic rings. The van der Waals surface area contributed by atoms with Crippen LogP contribution in [0.2, 0.25) is 0 Å². The van der Waals surface area contributed by atoms with E-state index in [2.05, 4.69) is 11.7 Å². The molecule has 18 rings (SSSR count). The van der Waals surface area contributed by atoms with E-state index >= 15 is 0 Å². The van der Waals surface area contributed by atoms with E-state index in [0.29, 0.717) is 123 Å². The number of ether oxygens (including phenoxy) is 5. The number of Topliss-reactive ketones (excluding diaryl/α,β-unsaturated/α-hetero) is 1. The molecule has 16 aliphatic rings.